The van der Waals surface area contributed by atoms with Gasteiger partial charge in [-0.2, -0.15) is 0 Å². The minimum absolute atomic E-state index is 0.732. The van der Waals surface area contributed by atoms with Gasteiger partial charge < -0.3 is 15.0 Å². The average molecular weight is 425 g/mol. The van der Waals surface area contributed by atoms with E-state index in [0.717, 1.165) is 67.0 Å². The summed E-state index contributed by atoms with van der Waals surface area (Å²) in [6.07, 6.45) is 5.87. The summed E-state index contributed by atoms with van der Waals surface area (Å²) in [6, 6.07) is 14.9. The Kier molecular flexibility index (Phi) is 4.61. The van der Waals surface area contributed by atoms with Crippen LogP contribution in [-0.2, 0) is 11.3 Å². The fourth-order valence-electron chi connectivity index (χ4n) is 4.31. The maximum absolute atomic E-state index is 5.46. The molecule has 1 N–H and O–H groups in total. The number of morpholine rings is 1. The highest BCUT2D eigenvalue weighted by Crippen LogP contribution is 2.28. The molecule has 0 unspecified atom stereocenters. The van der Waals surface area contributed by atoms with E-state index in [-0.39, 0.29) is 0 Å². The van der Waals surface area contributed by atoms with E-state index in [1.807, 2.05) is 12.4 Å². The molecule has 4 heterocycles. The highest BCUT2D eigenvalue weighted by atomic mass is 16.5. The zero-order valence-electron chi connectivity index (χ0n) is 18.0. The summed E-state index contributed by atoms with van der Waals surface area (Å²) in [5.74, 6) is 0.742. The summed E-state index contributed by atoms with van der Waals surface area (Å²) in [5.41, 5.74) is 8.48. The predicted molar refractivity (Wildman–Crippen MR) is 127 cm³/mol. The van der Waals surface area contributed by atoms with Gasteiger partial charge in [0.05, 0.1) is 25.5 Å². The molecule has 1 fully saturated rings. The van der Waals surface area contributed by atoms with Crippen molar-refractivity contribution in [3.05, 3.63) is 71.7 Å². The first-order valence-corrected chi connectivity index (χ1v) is 10.9. The smallest absolute Gasteiger partial charge is 0.180 e. The quantitative estimate of drug-likeness (QED) is 0.531. The number of fused-ring (bicyclic) bond motifs is 2. The van der Waals surface area contributed by atoms with E-state index in [1.165, 1.54) is 16.8 Å². The molecule has 160 valence electrons. The number of aryl methyl sites for hydroxylation is 1. The van der Waals surface area contributed by atoms with Crippen LogP contribution in [0.3, 0.4) is 0 Å². The lowest BCUT2D eigenvalue weighted by Crippen LogP contribution is -2.36. The molecule has 7 heteroatoms. The van der Waals surface area contributed by atoms with Gasteiger partial charge in [0, 0.05) is 54.3 Å². The number of benzene rings is 2. The second-order valence-electron chi connectivity index (χ2n) is 8.22. The van der Waals surface area contributed by atoms with Gasteiger partial charge in [-0.3, -0.25) is 9.39 Å². The number of rotatable bonds is 4. The predicted octanol–water partition coefficient (Wildman–Crippen LogP) is 4.22. The minimum atomic E-state index is 0.732. The molecular weight excluding hydrogens is 400 g/mol. The molecule has 4 aromatic rings. The fraction of sp³-hybridized carbons (Fsp3) is 0.240. The van der Waals surface area contributed by atoms with Crippen LogP contribution < -0.4 is 10.2 Å². The summed E-state index contributed by atoms with van der Waals surface area (Å²) in [6.45, 7) is 6.20. The molecule has 2 aliphatic rings. The van der Waals surface area contributed by atoms with Crippen LogP contribution in [0.5, 0.6) is 0 Å². The van der Waals surface area contributed by atoms with Crippen LogP contribution in [0.4, 0.5) is 17.2 Å². The Labute approximate surface area is 186 Å². The summed E-state index contributed by atoms with van der Waals surface area (Å²) in [5, 5.41) is 3.49. The molecule has 0 amide bonds. The number of aliphatic imine (C=N–C) groups is 1. The molecular formula is C25H24N6O. The van der Waals surface area contributed by atoms with E-state index in [2.05, 4.69) is 80.2 Å². The number of imidazole rings is 1. The number of hydrogen-bond acceptors (Lipinski definition) is 6. The number of aromatic nitrogens is 3. The van der Waals surface area contributed by atoms with Crippen molar-refractivity contribution in [2.45, 2.75) is 13.5 Å². The Morgan fingerprint density at radius 2 is 1.88 bits per heavy atom. The highest BCUT2D eigenvalue weighted by Gasteiger charge is 2.15. The monoisotopic (exact) mass is 424 g/mol. The number of anilines is 3. The van der Waals surface area contributed by atoms with Gasteiger partial charge in [0.2, 0.25) is 0 Å². The van der Waals surface area contributed by atoms with Gasteiger partial charge in [-0.05, 0) is 48.4 Å². The van der Waals surface area contributed by atoms with Gasteiger partial charge in [0.1, 0.15) is 0 Å². The van der Waals surface area contributed by atoms with Crippen LogP contribution >= 0.6 is 0 Å². The first kappa shape index (κ1) is 19.0. The second kappa shape index (κ2) is 7.76. The van der Waals surface area contributed by atoms with E-state index in [1.54, 1.807) is 0 Å². The zero-order valence-corrected chi connectivity index (χ0v) is 18.0. The van der Waals surface area contributed by atoms with Gasteiger partial charge in [0.15, 0.2) is 11.5 Å². The van der Waals surface area contributed by atoms with Crippen molar-refractivity contribution >= 4 is 29.1 Å². The minimum Gasteiger partial charge on any atom is -0.378 e. The lowest BCUT2D eigenvalue weighted by molar-refractivity contribution is 0.122. The SMILES string of the molecule is Cc1cnc2c(Nc3ccc(N4CCOCC4)cc3)nc(-c3ccc4c(c3)CN=C4)cn12. The van der Waals surface area contributed by atoms with Crippen LogP contribution in [-0.4, -0.2) is 46.9 Å². The molecule has 2 aromatic heterocycles. The molecule has 2 aliphatic heterocycles. The van der Waals surface area contributed by atoms with Crippen molar-refractivity contribution in [3.8, 4) is 11.3 Å². The van der Waals surface area contributed by atoms with Crippen LogP contribution in [0.25, 0.3) is 16.9 Å². The molecule has 0 atom stereocenters. The van der Waals surface area contributed by atoms with Gasteiger partial charge in [-0.15, -0.1) is 0 Å². The van der Waals surface area contributed by atoms with Crippen LogP contribution in [0.2, 0.25) is 0 Å². The third kappa shape index (κ3) is 3.40. The maximum Gasteiger partial charge on any atom is 0.180 e. The van der Waals surface area contributed by atoms with E-state index in [0.29, 0.717) is 0 Å². The second-order valence-corrected chi connectivity index (χ2v) is 8.22. The Balaban J connectivity index is 1.34. The lowest BCUT2D eigenvalue weighted by atomic mass is 10.0. The Morgan fingerprint density at radius 3 is 2.72 bits per heavy atom. The van der Waals surface area contributed by atoms with Crippen molar-refractivity contribution in [1.82, 2.24) is 14.4 Å². The largest absolute Gasteiger partial charge is 0.378 e. The summed E-state index contributed by atoms with van der Waals surface area (Å²) in [7, 11) is 0. The lowest BCUT2D eigenvalue weighted by Gasteiger charge is -2.28. The van der Waals surface area contributed by atoms with Crippen molar-refractivity contribution < 1.29 is 4.74 Å². The Morgan fingerprint density at radius 1 is 1.03 bits per heavy atom. The first-order chi connectivity index (χ1) is 15.7. The molecule has 2 aromatic carbocycles. The molecule has 1 saturated heterocycles. The van der Waals surface area contributed by atoms with Crippen molar-refractivity contribution in [1.29, 1.82) is 0 Å². The fourth-order valence-corrected chi connectivity index (χ4v) is 4.31. The molecule has 0 aliphatic carbocycles. The van der Waals surface area contributed by atoms with Gasteiger partial charge in [0.25, 0.3) is 0 Å². The van der Waals surface area contributed by atoms with Gasteiger partial charge >= 0.3 is 0 Å². The van der Waals surface area contributed by atoms with Gasteiger partial charge in [-0.25, -0.2) is 9.97 Å². The number of nitrogens with one attached hydrogen (secondary N) is 1. The topological polar surface area (TPSA) is 67.0 Å². The molecule has 0 radical (unpaired) electrons. The average Bonchev–Trinajstić information content (AvgIpc) is 3.46. The number of hydrogen-bond donors (Lipinski definition) is 1. The summed E-state index contributed by atoms with van der Waals surface area (Å²) >= 11 is 0. The van der Waals surface area contributed by atoms with Crippen molar-refractivity contribution in [2.24, 2.45) is 4.99 Å². The molecule has 6 rings (SSSR count). The Bertz CT molecular complexity index is 1320. The third-order valence-electron chi connectivity index (χ3n) is 6.11. The molecule has 32 heavy (non-hydrogen) atoms. The van der Waals surface area contributed by atoms with Gasteiger partial charge in [-0.1, -0.05) is 12.1 Å². The van der Waals surface area contributed by atoms with Crippen LogP contribution in [0.1, 0.15) is 16.8 Å². The van der Waals surface area contributed by atoms with Crippen molar-refractivity contribution in [3.63, 3.8) is 0 Å². The standard InChI is InChI=1S/C25H24N6O/c1-17-13-27-25-24(28-21-4-6-22(7-5-21)30-8-10-32-11-9-30)29-23(16-31(17)25)18-2-3-19-14-26-15-20(19)12-18/h2-7,12-14,16H,8-11,15H2,1H3,(H,28,29). The highest BCUT2D eigenvalue weighted by molar-refractivity contribution is 5.86. The number of ether oxygens (including phenoxy) is 1. The summed E-state index contributed by atoms with van der Waals surface area (Å²) in [4.78, 5) is 16.3. The molecule has 0 saturated carbocycles. The molecule has 0 spiro atoms. The molecule has 7 nitrogen and oxygen atoms in total. The van der Waals surface area contributed by atoms with Crippen LogP contribution in [0.15, 0.2) is 59.9 Å². The van der Waals surface area contributed by atoms with E-state index >= 15 is 0 Å². The van der Waals surface area contributed by atoms with E-state index < -0.39 is 0 Å². The normalized spacial score (nSPS) is 15.3. The number of nitrogens with zero attached hydrogens (tertiary/aromatic N) is 5. The van der Waals surface area contributed by atoms with Crippen molar-refractivity contribution in [2.75, 3.05) is 36.5 Å². The zero-order chi connectivity index (χ0) is 21.5. The Hall–Kier alpha value is -3.71. The van der Waals surface area contributed by atoms with E-state index in [4.69, 9.17) is 9.72 Å². The van der Waals surface area contributed by atoms with E-state index in [9.17, 15) is 0 Å². The first-order valence-electron chi connectivity index (χ1n) is 10.9. The third-order valence-corrected chi connectivity index (χ3v) is 6.11. The molecule has 0 bridgehead atoms. The summed E-state index contributed by atoms with van der Waals surface area (Å²) < 4.78 is 7.55. The van der Waals surface area contributed by atoms with Crippen LogP contribution in [0, 0.1) is 6.92 Å². The maximum atomic E-state index is 5.46.